The third-order valence-corrected chi connectivity index (χ3v) is 15.2. The summed E-state index contributed by atoms with van der Waals surface area (Å²) in [6.07, 6.45) is 85.2. The van der Waals surface area contributed by atoms with Crippen LogP contribution >= 0.6 is 0 Å². The minimum atomic E-state index is -0.785. The maximum absolute atomic E-state index is 12.9. The molecule has 0 aliphatic carbocycles. The van der Waals surface area contributed by atoms with Gasteiger partial charge in [-0.25, -0.2) is 0 Å². The van der Waals surface area contributed by atoms with Crippen molar-refractivity contribution in [2.24, 2.45) is 0 Å². The van der Waals surface area contributed by atoms with Crippen molar-refractivity contribution in [1.29, 1.82) is 0 Å². The monoisotopic (exact) mass is 1090 g/mol. The number of unbranched alkanes of at least 4 members (excludes halogenated alkanes) is 42. The Balaban J connectivity index is 4.36. The van der Waals surface area contributed by atoms with E-state index in [4.69, 9.17) is 14.2 Å². The third kappa shape index (κ3) is 63.9. The Bertz CT molecular complexity index is 1390. The van der Waals surface area contributed by atoms with Gasteiger partial charge in [-0.05, 0) is 89.9 Å². The highest BCUT2D eigenvalue weighted by molar-refractivity contribution is 5.71. The second kappa shape index (κ2) is 66.6. The van der Waals surface area contributed by atoms with Gasteiger partial charge in [-0.15, -0.1) is 0 Å². The number of esters is 3. The zero-order chi connectivity index (χ0) is 56.4. The van der Waals surface area contributed by atoms with E-state index >= 15 is 0 Å². The Hall–Kier alpha value is -2.89. The zero-order valence-electron chi connectivity index (χ0n) is 52.2. The first-order valence-corrected chi connectivity index (χ1v) is 34.3. The summed E-state index contributed by atoms with van der Waals surface area (Å²) >= 11 is 0. The Kier molecular flexibility index (Phi) is 64.2. The van der Waals surface area contributed by atoms with Gasteiger partial charge in [0, 0.05) is 19.3 Å². The van der Waals surface area contributed by atoms with Crippen molar-refractivity contribution >= 4 is 17.9 Å². The lowest BCUT2D eigenvalue weighted by atomic mass is 10.0. The van der Waals surface area contributed by atoms with Crippen molar-refractivity contribution in [3.63, 3.8) is 0 Å². The Morgan fingerprint density at radius 2 is 0.462 bits per heavy atom. The molecule has 0 aromatic rings. The molecule has 0 aromatic carbocycles. The Morgan fingerprint density at radius 1 is 0.256 bits per heavy atom. The van der Waals surface area contributed by atoms with Crippen LogP contribution < -0.4 is 0 Å². The van der Waals surface area contributed by atoms with E-state index < -0.39 is 6.10 Å². The van der Waals surface area contributed by atoms with Crippen molar-refractivity contribution < 1.29 is 28.6 Å². The zero-order valence-corrected chi connectivity index (χ0v) is 52.2. The van der Waals surface area contributed by atoms with Gasteiger partial charge in [0.1, 0.15) is 13.2 Å². The van der Waals surface area contributed by atoms with Crippen LogP contribution in [0, 0.1) is 0 Å². The van der Waals surface area contributed by atoms with Gasteiger partial charge in [0.2, 0.25) is 0 Å². The number of allylic oxidation sites excluding steroid dienone is 10. The molecule has 1 atom stereocenters. The van der Waals surface area contributed by atoms with E-state index in [2.05, 4.69) is 81.5 Å². The van der Waals surface area contributed by atoms with Crippen LogP contribution in [0.1, 0.15) is 361 Å². The molecule has 454 valence electrons. The smallest absolute Gasteiger partial charge is 0.306 e. The first kappa shape index (κ1) is 75.1. The predicted octanol–water partition coefficient (Wildman–Crippen LogP) is 23.5. The van der Waals surface area contributed by atoms with Crippen molar-refractivity contribution in [2.75, 3.05) is 13.2 Å². The van der Waals surface area contributed by atoms with E-state index in [9.17, 15) is 14.4 Å². The quantitative estimate of drug-likeness (QED) is 0.0261. The fraction of sp³-hybridized carbons (Fsp3) is 0.819. The molecule has 0 radical (unpaired) electrons. The number of ether oxygens (including phenoxy) is 3. The van der Waals surface area contributed by atoms with E-state index in [1.54, 1.807) is 0 Å². The van der Waals surface area contributed by atoms with Crippen LogP contribution in [0.3, 0.4) is 0 Å². The lowest BCUT2D eigenvalue weighted by Crippen LogP contribution is -2.30. The predicted molar refractivity (Wildman–Crippen MR) is 339 cm³/mol. The van der Waals surface area contributed by atoms with E-state index in [1.807, 2.05) is 0 Å². The topological polar surface area (TPSA) is 78.9 Å². The number of hydrogen-bond acceptors (Lipinski definition) is 6. The second-order valence-corrected chi connectivity index (χ2v) is 23.1. The normalized spacial score (nSPS) is 12.4. The van der Waals surface area contributed by atoms with Gasteiger partial charge in [0.05, 0.1) is 0 Å². The minimum Gasteiger partial charge on any atom is -0.462 e. The molecule has 0 saturated carbocycles. The number of carbonyl (C=O) groups excluding carboxylic acids is 3. The lowest BCUT2D eigenvalue weighted by Gasteiger charge is -2.18. The van der Waals surface area contributed by atoms with E-state index in [1.165, 1.54) is 225 Å². The van der Waals surface area contributed by atoms with Gasteiger partial charge in [-0.2, -0.15) is 0 Å². The highest BCUT2D eigenvalue weighted by Gasteiger charge is 2.19. The van der Waals surface area contributed by atoms with Crippen molar-refractivity contribution in [2.45, 2.75) is 367 Å². The molecule has 0 aliphatic rings. The van der Waals surface area contributed by atoms with E-state index in [-0.39, 0.29) is 31.1 Å². The molecule has 1 unspecified atom stereocenters. The molecule has 0 heterocycles. The van der Waals surface area contributed by atoms with Gasteiger partial charge in [0.15, 0.2) is 6.10 Å². The molecule has 6 nitrogen and oxygen atoms in total. The fourth-order valence-corrected chi connectivity index (χ4v) is 10.1. The Labute approximate surface area is 485 Å². The molecule has 0 rings (SSSR count). The number of hydrogen-bond donors (Lipinski definition) is 0. The summed E-state index contributed by atoms with van der Waals surface area (Å²) in [6, 6.07) is 0. The molecular weight excluding hydrogens is 961 g/mol. The maximum Gasteiger partial charge on any atom is 0.306 e. The molecule has 6 heteroatoms. The summed E-state index contributed by atoms with van der Waals surface area (Å²) in [5, 5.41) is 0. The molecule has 0 bridgehead atoms. The first-order valence-electron chi connectivity index (χ1n) is 34.3. The third-order valence-electron chi connectivity index (χ3n) is 15.2. The van der Waals surface area contributed by atoms with Gasteiger partial charge in [-0.1, -0.05) is 313 Å². The van der Waals surface area contributed by atoms with Crippen LogP contribution in [0.4, 0.5) is 0 Å². The van der Waals surface area contributed by atoms with Gasteiger partial charge < -0.3 is 14.2 Å². The second-order valence-electron chi connectivity index (χ2n) is 23.1. The standard InChI is InChI=1S/C72H130O6/c1-4-7-10-13-16-19-22-25-28-31-33-35-37-38-41-44-47-50-53-56-59-62-65-71(74)77-68-69(67-76-70(73)64-61-58-55-52-49-46-43-40-30-27-24-21-18-15-12-9-6-3)78-72(75)66-63-60-57-54-51-48-45-42-39-36-34-32-29-26-23-20-17-14-11-8-5-2/h18,21,23,26-27,30,32,34,39,42,69H,4-17,19-20,22,24-25,28-29,31,33,35-38,40-41,43-68H2,1-3H3/b21-18-,26-23-,30-27-,34-32-,42-39-. The molecule has 0 saturated heterocycles. The SMILES string of the molecule is CCCCC/C=C\C/C=C\CCCCCCCCCC(=O)OCC(COC(=O)CCCCCCCCCCCCCCCCCCCCCCCC)OC(=O)CCCCCCCC/C=C\C/C=C\C/C=C\CCCCCCC. The highest BCUT2D eigenvalue weighted by atomic mass is 16.6. The largest absolute Gasteiger partial charge is 0.462 e. The molecule has 78 heavy (non-hydrogen) atoms. The molecule has 0 N–H and O–H groups in total. The van der Waals surface area contributed by atoms with Crippen LogP contribution in [0.5, 0.6) is 0 Å². The summed E-state index contributed by atoms with van der Waals surface area (Å²) in [6.45, 7) is 6.65. The van der Waals surface area contributed by atoms with Gasteiger partial charge in [-0.3, -0.25) is 14.4 Å². The van der Waals surface area contributed by atoms with Crippen LogP contribution in [0.2, 0.25) is 0 Å². The van der Waals surface area contributed by atoms with Crippen molar-refractivity contribution in [3.05, 3.63) is 60.8 Å². The van der Waals surface area contributed by atoms with Crippen molar-refractivity contribution in [3.8, 4) is 0 Å². The average molecular weight is 1090 g/mol. The summed E-state index contributed by atoms with van der Waals surface area (Å²) < 4.78 is 17.0. The first-order chi connectivity index (χ1) is 38.5. The van der Waals surface area contributed by atoms with Crippen molar-refractivity contribution in [1.82, 2.24) is 0 Å². The van der Waals surface area contributed by atoms with Gasteiger partial charge in [0.25, 0.3) is 0 Å². The van der Waals surface area contributed by atoms with Crippen LogP contribution in [-0.4, -0.2) is 37.2 Å². The van der Waals surface area contributed by atoms with E-state index in [0.717, 1.165) is 96.3 Å². The molecule has 0 fully saturated rings. The summed E-state index contributed by atoms with van der Waals surface area (Å²) in [4.78, 5) is 38.4. The fourth-order valence-electron chi connectivity index (χ4n) is 10.1. The average Bonchev–Trinajstić information content (AvgIpc) is 3.44. The molecule has 0 spiro atoms. The Morgan fingerprint density at radius 3 is 0.744 bits per heavy atom. The highest BCUT2D eigenvalue weighted by Crippen LogP contribution is 2.18. The number of rotatable bonds is 63. The maximum atomic E-state index is 12.9. The molecule has 0 aliphatic heterocycles. The van der Waals surface area contributed by atoms with Crippen LogP contribution in [-0.2, 0) is 28.6 Å². The van der Waals surface area contributed by atoms with Crippen LogP contribution in [0.15, 0.2) is 60.8 Å². The van der Waals surface area contributed by atoms with Crippen LogP contribution in [0.25, 0.3) is 0 Å². The summed E-state index contributed by atoms with van der Waals surface area (Å²) in [5.74, 6) is -0.877. The molecule has 0 amide bonds. The summed E-state index contributed by atoms with van der Waals surface area (Å²) in [7, 11) is 0. The lowest BCUT2D eigenvalue weighted by molar-refractivity contribution is -0.167. The number of carbonyl (C=O) groups is 3. The van der Waals surface area contributed by atoms with Gasteiger partial charge >= 0.3 is 17.9 Å². The molecule has 0 aromatic heterocycles. The summed E-state index contributed by atoms with van der Waals surface area (Å²) in [5.41, 5.74) is 0. The van der Waals surface area contributed by atoms with E-state index in [0.29, 0.717) is 19.3 Å². The minimum absolute atomic E-state index is 0.0789. The molecular formula is C72H130O6.